The van der Waals surface area contributed by atoms with Crippen LogP contribution in [-0.4, -0.2) is 100 Å². The predicted molar refractivity (Wildman–Crippen MR) is 79.9 cm³/mol. The zero-order valence-corrected chi connectivity index (χ0v) is 11.6. The molecule has 0 heterocycles. The molecule has 0 saturated heterocycles. The van der Waals surface area contributed by atoms with E-state index in [0.717, 1.165) is 0 Å². The molecule has 6 N–H and O–H groups in total. The van der Waals surface area contributed by atoms with E-state index < -0.39 is 26.1 Å². The first-order chi connectivity index (χ1) is 8.62. The average molecular weight is 366 g/mol. The van der Waals surface area contributed by atoms with Crippen LogP contribution in [0.4, 0.5) is 0 Å². The molecule has 14 heteroatoms. The van der Waals surface area contributed by atoms with Gasteiger partial charge < -0.3 is 30.0 Å². The van der Waals surface area contributed by atoms with E-state index in [4.69, 9.17) is 30.0 Å². The quantitative estimate of drug-likeness (QED) is 0.0836. The Morgan fingerprint density at radius 3 is 1.19 bits per heavy atom. The van der Waals surface area contributed by atoms with Crippen molar-refractivity contribution in [3.63, 3.8) is 0 Å². The third-order valence-corrected chi connectivity index (χ3v) is 4.18. The molecule has 0 aromatic carbocycles. The second kappa shape index (κ2) is 12.6. The first kappa shape index (κ1) is 27.1. The van der Waals surface area contributed by atoms with Crippen molar-refractivity contribution >= 4 is 85.2 Å². The van der Waals surface area contributed by atoms with Crippen LogP contribution in [0.25, 0.3) is 0 Å². The van der Waals surface area contributed by atoms with Crippen LogP contribution in [0, 0.1) is 0 Å². The number of hydrogen-bond acceptors (Lipinski definition) is 6. The van der Waals surface area contributed by atoms with Crippen LogP contribution in [0.3, 0.4) is 0 Å². The van der Waals surface area contributed by atoms with Gasteiger partial charge in [0.2, 0.25) is 0 Å². The van der Waals surface area contributed by atoms with Gasteiger partial charge in [0.15, 0.2) is 10.9 Å². The fourth-order valence-electron chi connectivity index (χ4n) is 1.25. The molecule has 0 radical (unpaired) electrons. The van der Waals surface area contributed by atoms with Crippen molar-refractivity contribution in [1.82, 2.24) is 0 Å². The van der Waals surface area contributed by atoms with Gasteiger partial charge in [0.1, 0.15) is 0 Å². The number of rotatable bonds is 8. The van der Waals surface area contributed by atoms with Gasteiger partial charge in [-0.2, -0.15) is 0 Å². The van der Waals surface area contributed by atoms with Gasteiger partial charge >= 0.3 is 74.3 Å². The minimum atomic E-state index is -4.56. The Kier molecular flexibility index (Phi) is 16.3. The van der Waals surface area contributed by atoms with Crippen LogP contribution in [0.2, 0.25) is 0 Å². The van der Waals surface area contributed by atoms with E-state index in [-0.39, 0.29) is 84.8 Å². The molecule has 116 valence electrons. The number of unbranched alkanes of at least 4 members (excludes halogenated alkanes) is 2. The van der Waals surface area contributed by atoms with Gasteiger partial charge in [-0.15, -0.1) is 0 Å². The summed E-state index contributed by atoms with van der Waals surface area (Å²) >= 11 is 0. The molecule has 0 atom stereocenters. The summed E-state index contributed by atoms with van der Waals surface area (Å²) in [5, 5.41) is 21.8. The van der Waals surface area contributed by atoms with Gasteiger partial charge in [-0.1, -0.05) is 16.7 Å². The summed E-state index contributed by atoms with van der Waals surface area (Å²) < 4.78 is 21.5. The second-order valence-corrected chi connectivity index (χ2v) is 6.89. The SMILES string of the molecule is O=P(O)(O)/C(CCCCC/C(=N\O)P(=O)(O)O)=N\O.[NaH].[NaH]. The number of hydrogen-bond donors (Lipinski definition) is 6. The molecule has 0 rings (SSSR count). The van der Waals surface area contributed by atoms with Crippen LogP contribution < -0.4 is 0 Å². The molecule has 10 nitrogen and oxygen atoms in total. The predicted octanol–water partition coefficient (Wildman–Crippen LogP) is -0.429. The first-order valence-electron chi connectivity index (χ1n) is 5.17. The maximum absolute atomic E-state index is 10.8. The molecule has 0 spiro atoms. The normalized spacial score (nSPS) is 13.3. The molecule has 0 aliphatic carbocycles. The summed E-state index contributed by atoms with van der Waals surface area (Å²) in [4.78, 5) is 34.9. The maximum atomic E-state index is 10.8. The molecule has 0 aromatic rings. The van der Waals surface area contributed by atoms with E-state index in [2.05, 4.69) is 10.3 Å². The Morgan fingerprint density at radius 1 is 0.714 bits per heavy atom. The molecular formula is C7H18N2Na2O8P2. The molecule has 0 fully saturated rings. The molecule has 0 bridgehead atoms. The van der Waals surface area contributed by atoms with Gasteiger partial charge in [-0.3, -0.25) is 9.13 Å². The topological polar surface area (TPSA) is 180 Å². The Balaban J connectivity index is -0.00000162. The van der Waals surface area contributed by atoms with Gasteiger partial charge in [-0.25, -0.2) is 0 Å². The third kappa shape index (κ3) is 12.3. The van der Waals surface area contributed by atoms with Crippen molar-refractivity contribution in [3.05, 3.63) is 0 Å². The Hall–Kier alpha value is 1.24. The van der Waals surface area contributed by atoms with E-state index in [1.54, 1.807) is 0 Å². The fraction of sp³-hybridized carbons (Fsp3) is 0.714. The molecule has 0 unspecified atom stereocenters. The van der Waals surface area contributed by atoms with Crippen molar-refractivity contribution in [3.8, 4) is 0 Å². The summed E-state index contributed by atoms with van der Waals surface area (Å²) in [6, 6.07) is 0. The standard InChI is InChI=1S/C7H16N2O8P2.2Na.2H/c10-8-6(18(12,13)14)4-2-1-3-5-7(9-11)19(15,16)17;;;;/h10-11H,1-5H2,(H2,12,13,14)(H2,15,16,17);;;;/b8-6-,9-7+;;;;. The molecule has 21 heavy (non-hydrogen) atoms. The van der Waals surface area contributed by atoms with Crippen molar-refractivity contribution < 1.29 is 39.1 Å². The summed E-state index contributed by atoms with van der Waals surface area (Å²) in [6.45, 7) is 0. The zero-order chi connectivity index (χ0) is 15.1. The Morgan fingerprint density at radius 2 is 1.00 bits per heavy atom. The van der Waals surface area contributed by atoms with Gasteiger partial charge in [0.05, 0.1) is 0 Å². The molecule has 0 aromatic heterocycles. The zero-order valence-electron chi connectivity index (χ0n) is 9.82. The minimum absolute atomic E-state index is 0. The number of oxime groups is 2. The molecule has 0 amide bonds. The summed E-state index contributed by atoms with van der Waals surface area (Å²) in [5.41, 5.74) is -1.28. The van der Waals surface area contributed by atoms with Gasteiger partial charge in [-0.05, 0) is 12.8 Å². The van der Waals surface area contributed by atoms with E-state index in [0.29, 0.717) is 6.42 Å². The molecule has 0 saturated carbocycles. The number of nitrogens with zero attached hydrogens (tertiary/aromatic N) is 2. The molecular weight excluding hydrogens is 348 g/mol. The van der Waals surface area contributed by atoms with Crippen molar-refractivity contribution in [2.24, 2.45) is 10.3 Å². The van der Waals surface area contributed by atoms with E-state index in [9.17, 15) is 9.13 Å². The van der Waals surface area contributed by atoms with Crippen LogP contribution >= 0.6 is 15.2 Å². The Bertz CT molecular complexity index is 406. The molecule has 0 aliphatic rings. The van der Waals surface area contributed by atoms with Crippen LogP contribution in [0.5, 0.6) is 0 Å². The summed E-state index contributed by atoms with van der Waals surface area (Å²) in [7, 11) is -9.13. The van der Waals surface area contributed by atoms with Gasteiger partial charge in [0, 0.05) is 12.8 Å². The van der Waals surface area contributed by atoms with Crippen molar-refractivity contribution in [2.45, 2.75) is 32.1 Å². The summed E-state index contributed by atoms with van der Waals surface area (Å²) in [6.07, 6.45) is 0.595. The van der Waals surface area contributed by atoms with Crippen molar-refractivity contribution in [1.29, 1.82) is 0 Å². The summed E-state index contributed by atoms with van der Waals surface area (Å²) in [5.74, 6) is 0. The fourth-order valence-corrected chi connectivity index (χ4v) is 2.38. The van der Waals surface area contributed by atoms with E-state index in [1.165, 1.54) is 0 Å². The average Bonchev–Trinajstić information content (AvgIpc) is 2.24. The van der Waals surface area contributed by atoms with Crippen LogP contribution in [0.15, 0.2) is 10.3 Å². The second-order valence-electron chi connectivity index (χ2n) is 3.68. The van der Waals surface area contributed by atoms with Gasteiger partial charge in [0.25, 0.3) is 0 Å². The first-order valence-corrected chi connectivity index (χ1v) is 8.39. The van der Waals surface area contributed by atoms with E-state index >= 15 is 0 Å². The Labute approximate surface area is 165 Å². The van der Waals surface area contributed by atoms with Crippen LogP contribution in [0.1, 0.15) is 32.1 Å². The third-order valence-electron chi connectivity index (χ3n) is 2.20. The van der Waals surface area contributed by atoms with E-state index in [1.807, 2.05) is 0 Å². The van der Waals surface area contributed by atoms with Crippen LogP contribution in [-0.2, 0) is 9.13 Å². The molecule has 0 aliphatic heterocycles. The van der Waals surface area contributed by atoms with Crippen molar-refractivity contribution in [2.75, 3.05) is 0 Å². The monoisotopic (exact) mass is 366 g/mol.